The van der Waals surface area contributed by atoms with Crippen LogP contribution in [0.3, 0.4) is 0 Å². The molecule has 1 aliphatic heterocycles. The fourth-order valence-electron chi connectivity index (χ4n) is 6.43. The highest BCUT2D eigenvalue weighted by atomic mass is 16.5. The molecule has 3 rings (SSSR count). The molecule has 1 aromatic heterocycles. The van der Waals surface area contributed by atoms with Crippen LogP contribution in [-0.2, 0) is 20.9 Å². The van der Waals surface area contributed by atoms with Crippen LogP contribution < -0.4 is 5.32 Å². The van der Waals surface area contributed by atoms with E-state index in [1.807, 2.05) is 44.2 Å². The van der Waals surface area contributed by atoms with Crippen LogP contribution in [0.4, 0.5) is 0 Å². The first-order chi connectivity index (χ1) is 19.0. The first-order valence-electron chi connectivity index (χ1n) is 15.1. The molecule has 7 nitrogen and oxygen atoms in total. The topological polar surface area (TPSA) is 109 Å². The van der Waals surface area contributed by atoms with Gasteiger partial charge < -0.3 is 20.3 Å². The van der Waals surface area contributed by atoms with Gasteiger partial charge in [0.05, 0.1) is 18.6 Å². The molecule has 0 aromatic carbocycles. The summed E-state index contributed by atoms with van der Waals surface area (Å²) >= 11 is 0. The Morgan fingerprint density at radius 1 is 1.02 bits per heavy atom. The van der Waals surface area contributed by atoms with Crippen LogP contribution in [0, 0.1) is 35.5 Å². The maximum atomic E-state index is 13.0. The number of carbonyl (C=O) groups is 2. The van der Waals surface area contributed by atoms with Gasteiger partial charge in [0, 0.05) is 37.2 Å². The van der Waals surface area contributed by atoms with Gasteiger partial charge in [-0.2, -0.15) is 0 Å². The van der Waals surface area contributed by atoms with Crippen molar-refractivity contribution in [3.8, 4) is 0 Å². The lowest BCUT2D eigenvalue weighted by Gasteiger charge is -2.40. The highest BCUT2D eigenvalue weighted by molar-refractivity contribution is 5.80. The molecular weight excluding hydrogens is 504 g/mol. The van der Waals surface area contributed by atoms with E-state index < -0.39 is 24.3 Å². The Bertz CT molecular complexity index is 1010. The summed E-state index contributed by atoms with van der Waals surface area (Å²) in [5.74, 6) is 0.207. The summed E-state index contributed by atoms with van der Waals surface area (Å²) in [5, 5.41) is 24.7. The van der Waals surface area contributed by atoms with Gasteiger partial charge in [-0.15, -0.1) is 0 Å². The lowest BCUT2D eigenvalue weighted by Crippen LogP contribution is -2.46. The standard InChI is InChI=1S/C33H50N2O5/c1-21-16-22(2)18-25(5)32(38)23(3)8-6-7-9-30(40-31(37)19-29(36)24(4)17-21)27-10-11-28(27)33(39)35-20-26-12-14-34-15-13-26/h6-8,12-15,21-22,24-25,27-30,32,36,38H,9-11,16-20H2,1-5H3,(H,35,39)/b7-6+,23-8-/t21-,22+,24-,25-,27+,28+,29-,30-,32-/m0/s1. The second-order valence-corrected chi connectivity index (χ2v) is 12.6. The van der Waals surface area contributed by atoms with E-state index in [2.05, 4.69) is 31.1 Å². The Kier molecular flexibility index (Phi) is 12.4. The number of cyclic esters (lactones) is 1. The second-order valence-electron chi connectivity index (χ2n) is 12.6. The summed E-state index contributed by atoms with van der Waals surface area (Å²) < 4.78 is 5.96. The van der Waals surface area contributed by atoms with Crippen molar-refractivity contribution in [3.05, 3.63) is 53.9 Å². The van der Waals surface area contributed by atoms with E-state index in [1.165, 1.54) is 0 Å². The van der Waals surface area contributed by atoms with Gasteiger partial charge in [0.15, 0.2) is 0 Å². The van der Waals surface area contributed by atoms with Crippen molar-refractivity contribution in [3.63, 3.8) is 0 Å². The van der Waals surface area contributed by atoms with Crippen LogP contribution in [0.2, 0.25) is 0 Å². The van der Waals surface area contributed by atoms with Crippen molar-refractivity contribution in [1.29, 1.82) is 0 Å². The summed E-state index contributed by atoms with van der Waals surface area (Å²) in [5.41, 5.74) is 1.89. The quantitative estimate of drug-likeness (QED) is 0.432. The SMILES string of the molecule is C/C1=C/C=C/C[C@@H]([C@@H]2CC[C@H]2C(=O)NCc2ccncc2)OC(=O)C[C@H](O)[C@@H](C)C[C@@H](C)C[C@@H](C)C[C@H](C)[C@H]1O. The molecule has 1 fully saturated rings. The van der Waals surface area contributed by atoms with Crippen LogP contribution in [0.1, 0.15) is 85.1 Å². The molecule has 3 N–H and O–H groups in total. The average molecular weight is 555 g/mol. The van der Waals surface area contributed by atoms with Crippen LogP contribution in [0.5, 0.6) is 0 Å². The number of esters is 1. The number of amides is 1. The third-order valence-electron chi connectivity index (χ3n) is 8.90. The lowest BCUT2D eigenvalue weighted by atomic mass is 9.69. The number of nitrogens with zero attached hydrogens (tertiary/aromatic N) is 1. The van der Waals surface area contributed by atoms with Crippen LogP contribution in [0.15, 0.2) is 48.3 Å². The average Bonchev–Trinajstić information content (AvgIpc) is 2.88. The Morgan fingerprint density at radius 2 is 1.70 bits per heavy atom. The number of carbonyl (C=O) groups excluding carboxylic acids is 2. The van der Waals surface area contributed by atoms with Gasteiger partial charge in [0.1, 0.15) is 6.10 Å². The van der Waals surface area contributed by atoms with E-state index in [0.29, 0.717) is 24.8 Å². The molecule has 1 saturated carbocycles. The third-order valence-corrected chi connectivity index (χ3v) is 8.90. The van der Waals surface area contributed by atoms with Crippen LogP contribution in [0.25, 0.3) is 0 Å². The summed E-state index contributed by atoms with van der Waals surface area (Å²) in [6, 6.07) is 3.75. The van der Waals surface area contributed by atoms with Gasteiger partial charge in [-0.1, -0.05) is 45.9 Å². The molecule has 7 heteroatoms. The number of nitrogens with one attached hydrogen (secondary N) is 1. The Morgan fingerprint density at radius 3 is 2.35 bits per heavy atom. The van der Waals surface area contributed by atoms with Gasteiger partial charge in [-0.25, -0.2) is 0 Å². The zero-order valence-corrected chi connectivity index (χ0v) is 25.0. The summed E-state index contributed by atoms with van der Waals surface area (Å²) in [6.07, 6.45) is 12.2. The van der Waals surface area contributed by atoms with Gasteiger partial charge in [-0.3, -0.25) is 14.6 Å². The molecule has 2 heterocycles. The second kappa shape index (κ2) is 15.5. The van der Waals surface area contributed by atoms with Crippen molar-refractivity contribution in [2.75, 3.05) is 0 Å². The van der Waals surface area contributed by atoms with Crippen molar-refractivity contribution in [2.45, 2.75) is 104 Å². The van der Waals surface area contributed by atoms with E-state index >= 15 is 0 Å². The summed E-state index contributed by atoms with van der Waals surface area (Å²) in [4.78, 5) is 30.0. The third kappa shape index (κ3) is 9.55. The number of hydrogen-bond donors (Lipinski definition) is 3. The van der Waals surface area contributed by atoms with Crippen molar-refractivity contribution >= 4 is 11.9 Å². The number of rotatable bonds is 4. The molecule has 40 heavy (non-hydrogen) atoms. The molecule has 9 atom stereocenters. The predicted molar refractivity (Wildman–Crippen MR) is 157 cm³/mol. The van der Waals surface area contributed by atoms with Gasteiger partial charge >= 0.3 is 5.97 Å². The molecule has 0 bridgehead atoms. The van der Waals surface area contributed by atoms with Crippen LogP contribution >= 0.6 is 0 Å². The number of allylic oxidation sites excluding steroid dienone is 2. The maximum absolute atomic E-state index is 13.0. The molecule has 1 aliphatic carbocycles. The first-order valence-corrected chi connectivity index (χ1v) is 15.1. The number of ether oxygens (including phenoxy) is 1. The Balaban J connectivity index is 1.73. The summed E-state index contributed by atoms with van der Waals surface area (Å²) in [7, 11) is 0. The predicted octanol–water partition coefficient (Wildman–Crippen LogP) is 5.37. The van der Waals surface area contributed by atoms with Crippen molar-refractivity contribution in [2.24, 2.45) is 35.5 Å². The lowest BCUT2D eigenvalue weighted by molar-refractivity contribution is -0.161. The number of pyridine rings is 1. The normalized spacial score (nSPS) is 37.0. The number of aromatic nitrogens is 1. The van der Waals surface area contributed by atoms with Gasteiger partial charge in [0.25, 0.3) is 0 Å². The molecule has 2 aliphatic rings. The van der Waals surface area contributed by atoms with Gasteiger partial charge in [0.2, 0.25) is 5.91 Å². The molecular formula is C33H50N2O5. The first kappa shape index (κ1) is 32.0. The van der Waals surface area contributed by atoms with Crippen molar-refractivity contribution in [1.82, 2.24) is 10.3 Å². The van der Waals surface area contributed by atoms with Crippen molar-refractivity contribution < 1.29 is 24.5 Å². The molecule has 0 radical (unpaired) electrons. The highest BCUT2D eigenvalue weighted by Gasteiger charge is 2.42. The molecule has 1 aromatic rings. The summed E-state index contributed by atoms with van der Waals surface area (Å²) in [6.45, 7) is 10.9. The minimum atomic E-state index is -0.771. The molecule has 0 unspecified atom stereocenters. The van der Waals surface area contributed by atoms with E-state index in [4.69, 9.17) is 4.74 Å². The zero-order valence-electron chi connectivity index (χ0n) is 25.0. The molecule has 0 saturated heterocycles. The molecule has 1 amide bonds. The Labute approximate surface area is 240 Å². The van der Waals surface area contributed by atoms with E-state index in [0.717, 1.165) is 43.2 Å². The fourth-order valence-corrected chi connectivity index (χ4v) is 6.43. The smallest absolute Gasteiger partial charge is 0.308 e. The number of aliphatic hydroxyl groups is 2. The van der Waals surface area contributed by atoms with E-state index in [9.17, 15) is 19.8 Å². The minimum Gasteiger partial charge on any atom is -0.462 e. The largest absolute Gasteiger partial charge is 0.462 e. The minimum absolute atomic E-state index is 0.0303. The number of hydrogen-bond acceptors (Lipinski definition) is 6. The molecule has 0 spiro atoms. The highest BCUT2D eigenvalue weighted by Crippen LogP contribution is 2.40. The maximum Gasteiger partial charge on any atom is 0.308 e. The van der Waals surface area contributed by atoms with Crippen LogP contribution in [-0.4, -0.2) is 45.4 Å². The van der Waals surface area contributed by atoms with Gasteiger partial charge in [-0.05, 0) is 86.0 Å². The van der Waals surface area contributed by atoms with E-state index in [-0.39, 0.29) is 36.0 Å². The van der Waals surface area contributed by atoms with E-state index in [1.54, 1.807) is 12.4 Å². The zero-order chi connectivity index (χ0) is 29.2. The molecule has 222 valence electrons. The Hall–Kier alpha value is -2.51. The number of aliphatic hydroxyl groups excluding tert-OH is 2. The monoisotopic (exact) mass is 554 g/mol. The fraction of sp³-hybridized carbons (Fsp3) is 0.667.